The number of nitrogens with one attached hydrogen (secondary N) is 1. The molecule has 3 N–H and O–H groups in total. The molecule has 0 aromatic carbocycles. The highest BCUT2D eigenvalue weighted by Gasteiger charge is 2.18. The third-order valence-electron chi connectivity index (χ3n) is 2.22. The second-order valence-electron chi connectivity index (χ2n) is 3.32. The van der Waals surface area contributed by atoms with Crippen LogP contribution in [0.4, 0.5) is 0 Å². The summed E-state index contributed by atoms with van der Waals surface area (Å²) in [6, 6.07) is 0. The molecule has 1 fully saturated rings. The zero-order valence-electron chi connectivity index (χ0n) is 8.08. The van der Waals surface area contributed by atoms with Crippen molar-refractivity contribution in [3.63, 3.8) is 0 Å². The van der Waals surface area contributed by atoms with Gasteiger partial charge in [-0.25, -0.2) is 0 Å². The zero-order chi connectivity index (χ0) is 9.68. The van der Waals surface area contributed by atoms with Crippen molar-refractivity contribution >= 4 is 5.84 Å². The van der Waals surface area contributed by atoms with E-state index < -0.39 is 0 Å². The number of amidine groups is 1. The highest BCUT2D eigenvalue weighted by Crippen LogP contribution is 2.13. The van der Waals surface area contributed by atoms with Crippen LogP contribution in [0.15, 0.2) is 0 Å². The van der Waals surface area contributed by atoms with Crippen LogP contribution in [0.2, 0.25) is 0 Å². The first-order chi connectivity index (χ1) is 6.24. The average molecular weight is 186 g/mol. The number of rotatable bonds is 5. The maximum Gasteiger partial charge on any atom is 0.120 e. The molecule has 4 nitrogen and oxygen atoms in total. The third kappa shape index (κ3) is 3.32. The maximum absolute atomic E-state index is 7.24. The van der Waals surface area contributed by atoms with Gasteiger partial charge in [0.1, 0.15) is 11.9 Å². The molecule has 0 aromatic rings. The zero-order valence-corrected chi connectivity index (χ0v) is 8.08. The molecule has 0 radical (unpaired) electrons. The molecule has 0 amide bonds. The first-order valence-electron chi connectivity index (χ1n) is 4.81. The van der Waals surface area contributed by atoms with Gasteiger partial charge in [0.05, 0.1) is 12.7 Å². The van der Waals surface area contributed by atoms with Crippen LogP contribution in [0, 0.1) is 5.41 Å². The Morgan fingerprint density at radius 3 is 3.00 bits per heavy atom. The van der Waals surface area contributed by atoms with Gasteiger partial charge in [-0.1, -0.05) is 6.92 Å². The van der Waals surface area contributed by atoms with Gasteiger partial charge in [-0.2, -0.15) is 0 Å². The highest BCUT2D eigenvalue weighted by atomic mass is 16.5. The summed E-state index contributed by atoms with van der Waals surface area (Å²) in [6.07, 6.45) is 2.92. The lowest BCUT2D eigenvalue weighted by Gasteiger charge is -2.17. The SMILES string of the molecule is CCC(OCC1CCCO1)C(=N)N. The fourth-order valence-corrected chi connectivity index (χ4v) is 1.43. The fraction of sp³-hybridized carbons (Fsp3) is 0.889. The van der Waals surface area contributed by atoms with Crippen molar-refractivity contribution in [2.75, 3.05) is 13.2 Å². The van der Waals surface area contributed by atoms with Crippen LogP contribution in [-0.4, -0.2) is 31.3 Å². The van der Waals surface area contributed by atoms with Gasteiger partial charge in [0.25, 0.3) is 0 Å². The third-order valence-corrected chi connectivity index (χ3v) is 2.22. The van der Waals surface area contributed by atoms with Gasteiger partial charge in [-0.3, -0.25) is 5.41 Å². The van der Waals surface area contributed by atoms with Crippen molar-refractivity contribution in [1.29, 1.82) is 5.41 Å². The van der Waals surface area contributed by atoms with Crippen molar-refractivity contribution in [1.82, 2.24) is 0 Å². The predicted octanol–water partition coefficient (Wildman–Crippen LogP) is 0.897. The van der Waals surface area contributed by atoms with E-state index in [2.05, 4.69) is 0 Å². The molecular weight excluding hydrogens is 168 g/mol. The fourth-order valence-electron chi connectivity index (χ4n) is 1.43. The molecule has 2 unspecified atom stereocenters. The lowest BCUT2D eigenvalue weighted by Crippen LogP contribution is -2.32. The summed E-state index contributed by atoms with van der Waals surface area (Å²) < 4.78 is 10.9. The molecule has 4 heteroatoms. The number of hydrogen-bond donors (Lipinski definition) is 2. The minimum Gasteiger partial charge on any atom is -0.385 e. The number of ether oxygens (including phenoxy) is 2. The van der Waals surface area contributed by atoms with Crippen LogP contribution in [0.1, 0.15) is 26.2 Å². The van der Waals surface area contributed by atoms with Crippen molar-refractivity contribution in [2.24, 2.45) is 5.73 Å². The molecule has 1 rings (SSSR count). The van der Waals surface area contributed by atoms with E-state index in [4.69, 9.17) is 20.6 Å². The Morgan fingerprint density at radius 1 is 1.77 bits per heavy atom. The monoisotopic (exact) mass is 186 g/mol. The Kier molecular flexibility index (Phi) is 4.18. The van der Waals surface area contributed by atoms with E-state index >= 15 is 0 Å². The van der Waals surface area contributed by atoms with E-state index in [1.807, 2.05) is 6.92 Å². The van der Waals surface area contributed by atoms with E-state index in [1.54, 1.807) is 0 Å². The molecule has 13 heavy (non-hydrogen) atoms. The molecule has 0 bridgehead atoms. The van der Waals surface area contributed by atoms with Gasteiger partial charge >= 0.3 is 0 Å². The quantitative estimate of drug-likeness (QED) is 0.495. The molecule has 0 spiro atoms. The Bertz CT molecular complexity index is 167. The van der Waals surface area contributed by atoms with Gasteiger partial charge in [0.2, 0.25) is 0 Å². The summed E-state index contributed by atoms with van der Waals surface area (Å²) in [5.41, 5.74) is 5.35. The standard InChI is InChI=1S/C9H18N2O2/c1-2-8(9(10)11)13-6-7-4-3-5-12-7/h7-8H,2-6H2,1H3,(H3,10,11). The van der Waals surface area contributed by atoms with Gasteiger partial charge in [0, 0.05) is 6.61 Å². The lowest BCUT2D eigenvalue weighted by molar-refractivity contribution is 0.000129. The molecule has 1 aliphatic heterocycles. The number of hydrogen-bond acceptors (Lipinski definition) is 3. The van der Waals surface area contributed by atoms with E-state index in [0.29, 0.717) is 6.61 Å². The topological polar surface area (TPSA) is 68.3 Å². The van der Waals surface area contributed by atoms with Crippen molar-refractivity contribution in [2.45, 2.75) is 38.4 Å². The van der Waals surface area contributed by atoms with Crippen molar-refractivity contribution < 1.29 is 9.47 Å². The summed E-state index contributed by atoms with van der Waals surface area (Å²) in [4.78, 5) is 0. The molecular formula is C9H18N2O2. The smallest absolute Gasteiger partial charge is 0.120 e. The maximum atomic E-state index is 7.24. The second kappa shape index (κ2) is 5.19. The van der Waals surface area contributed by atoms with Crippen LogP contribution in [0.3, 0.4) is 0 Å². The van der Waals surface area contributed by atoms with Gasteiger partial charge in [0.15, 0.2) is 0 Å². The Balaban J connectivity index is 2.18. The Morgan fingerprint density at radius 2 is 2.54 bits per heavy atom. The van der Waals surface area contributed by atoms with Crippen LogP contribution >= 0.6 is 0 Å². The lowest BCUT2D eigenvalue weighted by atomic mass is 10.2. The van der Waals surface area contributed by atoms with Crippen LogP contribution in [-0.2, 0) is 9.47 Å². The van der Waals surface area contributed by atoms with E-state index in [9.17, 15) is 0 Å². The van der Waals surface area contributed by atoms with Gasteiger partial charge < -0.3 is 15.2 Å². The summed E-state index contributed by atoms with van der Waals surface area (Å²) in [5.74, 6) is 0.112. The molecule has 0 saturated carbocycles. The van der Waals surface area contributed by atoms with Gasteiger partial charge in [-0.15, -0.1) is 0 Å². The normalized spacial score (nSPS) is 24.5. The van der Waals surface area contributed by atoms with E-state index in [-0.39, 0.29) is 18.0 Å². The van der Waals surface area contributed by atoms with E-state index in [1.165, 1.54) is 0 Å². The molecule has 0 aromatic heterocycles. The van der Waals surface area contributed by atoms with Gasteiger partial charge in [-0.05, 0) is 19.3 Å². The predicted molar refractivity (Wildman–Crippen MR) is 50.9 cm³/mol. The molecule has 1 aliphatic rings. The van der Waals surface area contributed by atoms with Crippen LogP contribution < -0.4 is 5.73 Å². The first kappa shape index (κ1) is 10.5. The highest BCUT2D eigenvalue weighted by molar-refractivity contribution is 5.81. The first-order valence-corrected chi connectivity index (χ1v) is 4.81. The van der Waals surface area contributed by atoms with Crippen molar-refractivity contribution in [3.8, 4) is 0 Å². The Hall–Kier alpha value is -0.610. The largest absolute Gasteiger partial charge is 0.385 e. The summed E-state index contributed by atoms with van der Waals surface area (Å²) in [7, 11) is 0. The van der Waals surface area contributed by atoms with E-state index in [0.717, 1.165) is 25.9 Å². The Labute approximate surface area is 78.9 Å². The molecule has 76 valence electrons. The minimum absolute atomic E-state index is 0.112. The molecule has 1 saturated heterocycles. The minimum atomic E-state index is -0.232. The summed E-state index contributed by atoms with van der Waals surface area (Å²) >= 11 is 0. The van der Waals surface area contributed by atoms with Crippen LogP contribution in [0.5, 0.6) is 0 Å². The van der Waals surface area contributed by atoms with Crippen molar-refractivity contribution in [3.05, 3.63) is 0 Å². The molecule has 2 atom stereocenters. The number of nitrogens with two attached hydrogens (primary N) is 1. The van der Waals surface area contributed by atoms with Crippen LogP contribution in [0.25, 0.3) is 0 Å². The second-order valence-corrected chi connectivity index (χ2v) is 3.32. The average Bonchev–Trinajstić information content (AvgIpc) is 2.57. The summed E-state index contributed by atoms with van der Waals surface area (Å²) in [6.45, 7) is 3.37. The molecule has 1 heterocycles. The molecule has 0 aliphatic carbocycles. The summed E-state index contributed by atoms with van der Waals surface area (Å²) in [5, 5.41) is 7.24.